The minimum atomic E-state index is -4.99. The lowest BCUT2D eigenvalue weighted by molar-refractivity contribution is -0.189. The van der Waals surface area contributed by atoms with E-state index in [0.29, 0.717) is 5.02 Å². The highest BCUT2D eigenvalue weighted by Gasteiger charge is 2.41. The third-order valence-electron chi connectivity index (χ3n) is 1.26. The summed E-state index contributed by atoms with van der Waals surface area (Å²) in [6.45, 7) is 0. The molecule has 0 saturated heterocycles. The van der Waals surface area contributed by atoms with Gasteiger partial charge in [0.25, 0.3) is 0 Å². The molecular weight excluding hydrogens is 221 g/mol. The number of benzene rings is 1. The zero-order valence-corrected chi connectivity index (χ0v) is 7.39. The second-order valence-corrected chi connectivity index (χ2v) is 2.78. The summed E-state index contributed by atoms with van der Waals surface area (Å²) in [7, 11) is 0. The zero-order chi connectivity index (χ0) is 10.8. The van der Waals surface area contributed by atoms with E-state index in [1.54, 1.807) is 0 Å². The van der Waals surface area contributed by atoms with Crippen molar-refractivity contribution in [2.24, 2.45) is 0 Å². The van der Waals surface area contributed by atoms with Crippen LogP contribution in [0.1, 0.15) is 0 Å². The first kappa shape index (κ1) is 10.8. The number of hydrogen-bond donors (Lipinski definition) is 0. The fourth-order valence-corrected chi connectivity index (χ4v) is 0.794. The Hall–Kier alpha value is -1.23. The van der Waals surface area contributed by atoms with Crippen LogP contribution in [0.2, 0.25) is 5.02 Å². The number of carbonyl (C=O) groups excluding carboxylic acids is 1. The van der Waals surface area contributed by atoms with Gasteiger partial charge < -0.3 is 4.74 Å². The van der Waals surface area contributed by atoms with Gasteiger partial charge in [0.05, 0.1) is 0 Å². The molecule has 0 aliphatic heterocycles. The summed E-state index contributed by atoms with van der Waals surface area (Å²) in [6, 6.07) is 4.99. The molecule has 0 atom stereocenters. The van der Waals surface area contributed by atoms with Crippen LogP contribution in [0.15, 0.2) is 24.3 Å². The Kier molecular flexibility index (Phi) is 3.00. The summed E-state index contributed by atoms with van der Waals surface area (Å²) >= 11 is 5.48. The number of alkyl halides is 3. The SMILES string of the molecule is O=C(Oc1ccc(Cl)cc1)C(F)(F)F. The fourth-order valence-electron chi connectivity index (χ4n) is 0.668. The van der Waals surface area contributed by atoms with Gasteiger partial charge in [-0.3, -0.25) is 0 Å². The molecule has 0 unspecified atom stereocenters. The molecule has 0 aromatic heterocycles. The number of carbonyl (C=O) groups is 1. The smallest absolute Gasteiger partial charge is 0.420 e. The second-order valence-electron chi connectivity index (χ2n) is 2.34. The molecule has 2 nitrogen and oxygen atoms in total. The molecule has 1 aromatic rings. The summed E-state index contributed by atoms with van der Waals surface area (Å²) in [5.74, 6) is -2.45. The minimum Gasteiger partial charge on any atom is -0.420 e. The molecule has 1 aromatic carbocycles. The summed E-state index contributed by atoms with van der Waals surface area (Å²) in [4.78, 5) is 10.3. The lowest BCUT2D eigenvalue weighted by Crippen LogP contribution is -2.27. The van der Waals surface area contributed by atoms with Gasteiger partial charge in [0.15, 0.2) is 0 Å². The Bertz CT molecular complexity index is 331. The molecule has 0 aliphatic carbocycles. The Morgan fingerprint density at radius 3 is 2.14 bits per heavy atom. The molecule has 0 radical (unpaired) electrons. The number of rotatable bonds is 1. The molecule has 1 rings (SSSR count). The number of esters is 1. The maximum absolute atomic E-state index is 11.7. The van der Waals surface area contributed by atoms with E-state index in [1.807, 2.05) is 0 Å². The number of ether oxygens (including phenoxy) is 1. The van der Waals surface area contributed by atoms with Crippen LogP contribution in [0.3, 0.4) is 0 Å². The summed E-state index contributed by atoms with van der Waals surface area (Å²) in [6.07, 6.45) is -4.99. The second kappa shape index (κ2) is 3.88. The van der Waals surface area contributed by atoms with Crippen LogP contribution in [0.25, 0.3) is 0 Å². The van der Waals surface area contributed by atoms with Gasteiger partial charge in [-0.2, -0.15) is 13.2 Å². The van der Waals surface area contributed by atoms with Gasteiger partial charge in [-0.1, -0.05) is 11.6 Å². The average Bonchev–Trinajstić information content (AvgIpc) is 2.07. The van der Waals surface area contributed by atoms with Crippen molar-refractivity contribution in [2.45, 2.75) is 6.18 Å². The van der Waals surface area contributed by atoms with Gasteiger partial charge >= 0.3 is 12.1 Å². The number of hydrogen-bond acceptors (Lipinski definition) is 2. The van der Waals surface area contributed by atoms with Gasteiger partial charge in [0.1, 0.15) is 5.75 Å². The third kappa shape index (κ3) is 2.92. The summed E-state index contributed by atoms with van der Waals surface area (Å²) in [5.41, 5.74) is 0. The fraction of sp³-hybridized carbons (Fsp3) is 0.125. The Balaban J connectivity index is 2.71. The quantitative estimate of drug-likeness (QED) is 0.542. The van der Waals surface area contributed by atoms with E-state index in [0.717, 1.165) is 0 Å². The van der Waals surface area contributed by atoms with E-state index in [1.165, 1.54) is 24.3 Å². The Morgan fingerprint density at radius 2 is 1.71 bits per heavy atom. The third-order valence-corrected chi connectivity index (χ3v) is 1.51. The summed E-state index contributed by atoms with van der Waals surface area (Å²) < 4.78 is 39.2. The van der Waals surface area contributed by atoms with Gasteiger partial charge in [-0.25, -0.2) is 4.79 Å². The van der Waals surface area contributed by atoms with Crippen molar-refractivity contribution >= 4 is 17.6 Å². The van der Waals surface area contributed by atoms with Crippen LogP contribution in [-0.2, 0) is 4.79 Å². The molecule has 0 amide bonds. The molecule has 0 N–H and O–H groups in total. The van der Waals surface area contributed by atoms with E-state index < -0.39 is 12.1 Å². The normalized spacial score (nSPS) is 11.1. The molecule has 0 aliphatic rings. The highest BCUT2D eigenvalue weighted by atomic mass is 35.5. The molecule has 76 valence electrons. The van der Waals surface area contributed by atoms with E-state index in [4.69, 9.17) is 11.6 Å². The highest BCUT2D eigenvalue weighted by molar-refractivity contribution is 6.30. The topological polar surface area (TPSA) is 26.3 Å². The van der Waals surface area contributed by atoms with E-state index >= 15 is 0 Å². The van der Waals surface area contributed by atoms with Gasteiger partial charge in [-0.15, -0.1) is 0 Å². The van der Waals surface area contributed by atoms with Gasteiger partial charge in [0, 0.05) is 5.02 Å². The van der Waals surface area contributed by atoms with Crippen molar-refractivity contribution in [2.75, 3.05) is 0 Å². The Morgan fingerprint density at radius 1 is 1.21 bits per heavy atom. The monoisotopic (exact) mass is 224 g/mol. The molecule has 0 fully saturated rings. The van der Waals surface area contributed by atoms with E-state index in [-0.39, 0.29) is 5.75 Å². The lowest BCUT2D eigenvalue weighted by Gasteiger charge is -2.06. The van der Waals surface area contributed by atoms with Crippen LogP contribution < -0.4 is 4.74 Å². The van der Waals surface area contributed by atoms with E-state index in [2.05, 4.69) is 4.74 Å². The average molecular weight is 225 g/mol. The van der Waals surface area contributed by atoms with Crippen LogP contribution in [0.4, 0.5) is 13.2 Å². The molecule has 6 heteroatoms. The largest absolute Gasteiger partial charge is 0.491 e. The Labute approximate surface area is 82.2 Å². The maximum atomic E-state index is 11.7. The van der Waals surface area contributed by atoms with Crippen LogP contribution in [0, 0.1) is 0 Å². The molecule has 0 bridgehead atoms. The molecule has 14 heavy (non-hydrogen) atoms. The standard InChI is InChI=1S/C8H4ClF3O2/c9-5-1-3-6(4-2-5)14-7(13)8(10,11)12/h1-4H. The number of halogens is 4. The molecular formula is C8H4ClF3O2. The lowest BCUT2D eigenvalue weighted by atomic mass is 10.3. The van der Waals surface area contributed by atoms with Crippen molar-refractivity contribution in [3.8, 4) is 5.75 Å². The van der Waals surface area contributed by atoms with Crippen LogP contribution >= 0.6 is 11.6 Å². The van der Waals surface area contributed by atoms with Gasteiger partial charge in [-0.05, 0) is 24.3 Å². The van der Waals surface area contributed by atoms with Crippen molar-refractivity contribution in [1.29, 1.82) is 0 Å². The van der Waals surface area contributed by atoms with Crippen molar-refractivity contribution < 1.29 is 22.7 Å². The van der Waals surface area contributed by atoms with Crippen LogP contribution in [-0.4, -0.2) is 12.1 Å². The molecule has 0 spiro atoms. The predicted molar refractivity (Wildman–Crippen MR) is 43.1 cm³/mol. The predicted octanol–water partition coefficient (Wildman–Crippen LogP) is 2.81. The summed E-state index contributed by atoms with van der Waals surface area (Å²) in [5, 5.41) is 0.344. The highest BCUT2D eigenvalue weighted by Crippen LogP contribution is 2.21. The van der Waals surface area contributed by atoms with Crippen molar-refractivity contribution in [1.82, 2.24) is 0 Å². The van der Waals surface area contributed by atoms with E-state index in [9.17, 15) is 18.0 Å². The van der Waals surface area contributed by atoms with Gasteiger partial charge in [0.2, 0.25) is 0 Å². The zero-order valence-electron chi connectivity index (χ0n) is 6.64. The first-order valence-electron chi connectivity index (χ1n) is 3.44. The molecule has 0 saturated carbocycles. The first-order chi connectivity index (χ1) is 6.39. The van der Waals surface area contributed by atoms with Crippen molar-refractivity contribution in [3.05, 3.63) is 29.3 Å². The van der Waals surface area contributed by atoms with Crippen LogP contribution in [0.5, 0.6) is 5.75 Å². The maximum Gasteiger partial charge on any atom is 0.491 e. The first-order valence-corrected chi connectivity index (χ1v) is 3.82. The van der Waals surface area contributed by atoms with Crippen molar-refractivity contribution in [3.63, 3.8) is 0 Å². The molecule has 0 heterocycles. The minimum absolute atomic E-state index is 0.197.